The van der Waals surface area contributed by atoms with E-state index in [4.69, 9.17) is 24.7 Å². The summed E-state index contributed by atoms with van der Waals surface area (Å²) in [5.41, 5.74) is 2.86. The smallest absolute Gasteiger partial charge is 0.289 e. The van der Waals surface area contributed by atoms with Gasteiger partial charge >= 0.3 is 0 Å². The molecule has 1 aromatic carbocycles. The molecule has 38 heavy (non-hydrogen) atoms. The highest BCUT2D eigenvalue weighted by Gasteiger charge is 2.28. The summed E-state index contributed by atoms with van der Waals surface area (Å²) in [7, 11) is 0. The van der Waals surface area contributed by atoms with Crippen molar-refractivity contribution in [2.24, 2.45) is 0 Å². The number of fused-ring (bicyclic) bond motifs is 2. The van der Waals surface area contributed by atoms with Gasteiger partial charge in [-0.1, -0.05) is 26.0 Å². The van der Waals surface area contributed by atoms with Crippen LogP contribution in [0.1, 0.15) is 36.7 Å². The van der Waals surface area contributed by atoms with Crippen LogP contribution in [0, 0.1) is 0 Å². The van der Waals surface area contributed by atoms with Crippen molar-refractivity contribution < 1.29 is 14.3 Å². The molecule has 12 nitrogen and oxygen atoms in total. The molecule has 6 rings (SSSR count). The number of imidazole rings is 2. The number of nitrogens with zero attached hydrogens (tertiary/aromatic N) is 8. The zero-order chi connectivity index (χ0) is 26.2. The van der Waals surface area contributed by atoms with Crippen LogP contribution >= 0.6 is 0 Å². The Kier molecular flexibility index (Phi) is 6.40. The Morgan fingerprint density at radius 2 is 1.66 bits per heavy atom. The quantitative estimate of drug-likeness (QED) is 0.425. The molecule has 2 aliphatic heterocycles. The molecule has 198 valence electrons. The Labute approximate surface area is 219 Å². The number of morpholine rings is 1. The molecule has 1 N–H and O–H groups in total. The molecule has 5 heterocycles. The van der Waals surface area contributed by atoms with Crippen LogP contribution in [0.15, 0.2) is 24.3 Å². The van der Waals surface area contributed by atoms with Gasteiger partial charge in [0.1, 0.15) is 5.82 Å². The molecule has 3 aromatic heterocycles. The number of hydrogen-bond donors (Lipinski definition) is 1. The molecule has 4 aromatic rings. The van der Waals surface area contributed by atoms with Gasteiger partial charge in [0.05, 0.1) is 24.2 Å². The topological polar surface area (TPSA) is 125 Å². The Hall–Kier alpha value is -4.06. The zero-order valence-corrected chi connectivity index (χ0v) is 21.7. The van der Waals surface area contributed by atoms with Crippen LogP contribution in [0.5, 0.6) is 0 Å². The second kappa shape index (κ2) is 10.0. The first-order valence-corrected chi connectivity index (χ1v) is 13.2. The van der Waals surface area contributed by atoms with E-state index in [0.29, 0.717) is 88.3 Å². The number of aromatic amines is 1. The number of aromatic nitrogens is 6. The number of nitrogens with one attached hydrogen (secondary N) is 1. The maximum atomic E-state index is 13.4. The van der Waals surface area contributed by atoms with Gasteiger partial charge in [-0.05, 0) is 12.1 Å². The predicted octanol–water partition coefficient (Wildman–Crippen LogP) is 1.79. The second-order valence-corrected chi connectivity index (χ2v) is 9.46. The lowest BCUT2D eigenvalue weighted by Gasteiger charge is -2.34. The second-order valence-electron chi connectivity index (χ2n) is 9.46. The lowest BCUT2D eigenvalue weighted by molar-refractivity contribution is -0.132. The normalized spacial score (nSPS) is 16.5. The molecular weight excluding hydrogens is 486 g/mol. The average molecular weight is 518 g/mol. The number of rotatable bonds is 5. The third-order valence-corrected chi connectivity index (χ3v) is 7.20. The van der Waals surface area contributed by atoms with Gasteiger partial charge < -0.3 is 24.4 Å². The van der Waals surface area contributed by atoms with E-state index in [9.17, 15) is 9.59 Å². The predicted molar refractivity (Wildman–Crippen MR) is 141 cm³/mol. The van der Waals surface area contributed by atoms with Crippen LogP contribution in [0.25, 0.3) is 28.1 Å². The van der Waals surface area contributed by atoms with E-state index in [2.05, 4.69) is 16.8 Å². The van der Waals surface area contributed by atoms with Crippen molar-refractivity contribution in [3.8, 4) is 5.95 Å². The van der Waals surface area contributed by atoms with Gasteiger partial charge in [0.2, 0.25) is 11.9 Å². The number of piperazine rings is 1. The number of aryl methyl sites for hydroxylation is 1. The third kappa shape index (κ3) is 4.24. The molecule has 2 fully saturated rings. The lowest BCUT2D eigenvalue weighted by Crippen LogP contribution is -2.50. The molecule has 0 saturated carbocycles. The minimum absolute atomic E-state index is 0.109. The highest BCUT2D eigenvalue weighted by atomic mass is 16.5. The number of carbonyl (C=O) groups is 2. The first-order valence-electron chi connectivity index (χ1n) is 13.2. The van der Waals surface area contributed by atoms with Crippen LogP contribution in [0.3, 0.4) is 0 Å². The van der Waals surface area contributed by atoms with Gasteiger partial charge in [-0.3, -0.25) is 14.2 Å². The highest BCUT2D eigenvalue weighted by molar-refractivity contribution is 5.96. The molecule has 0 spiro atoms. The van der Waals surface area contributed by atoms with Crippen molar-refractivity contribution in [3.05, 3.63) is 35.9 Å². The molecule has 0 bridgehead atoms. The minimum Gasteiger partial charge on any atom is -0.378 e. The van der Waals surface area contributed by atoms with E-state index in [1.54, 1.807) is 9.80 Å². The number of ether oxygens (including phenoxy) is 1. The summed E-state index contributed by atoms with van der Waals surface area (Å²) >= 11 is 0. The van der Waals surface area contributed by atoms with E-state index in [0.717, 1.165) is 16.9 Å². The standard InChI is InChI=1S/C26H31N9O3/c1-3-19-27-17-7-5-6-8-18(17)35(19)26-30-22-21(24(31-26)33-13-15-38-16-14-33)28-23(29-22)25(37)34-11-9-32(10-12-34)20(36)4-2/h5-8H,3-4,9-16H2,1-2H3,(H,28,29,30,31). The van der Waals surface area contributed by atoms with Gasteiger partial charge in [-0.2, -0.15) is 9.97 Å². The summed E-state index contributed by atoms with van der Waals surface area (Å²) in [5, 5.41) is 0. The summed E-state index contributed by atoms with van der Waals surface area (Å²) in [4.78, 5) is 53.6. The number of anilines is 1. The molecule has 0 radical (unpaired) electrons. The molecular formula is C26H31N9O3. The monoisotopic (exact) mass is 517 g/mol. The Morgan fingerprint density at radius 3 is 2.39 bits per heavy atom. The summed E-state index contributed by atoms with van der Waals surface area (Å²) in [5.74, 6) is 2.14. The molecule has 12 heteroatoms. The summed E-state index contributed by atoms with van der Waals surface area (Å²) in [6.45, 7) is 8.40. The van der Waals surface area contributed by atoms with E-state index in [1.807, 2.05) is 35.8 Å². The molecule has 2 aliphatic rings. The molecule has 0 atom stereocenters. The van der Waals surface area contributed by atoms with E-state index >= 15 is 0 Å². The Bertz CT molecular complexity index is 1500. The molecule has 2 amide bonds. The van der Waals surface area contributed by atoms with Crippen molar-refractivity contribution in [2.45, 2.75) is 26.7 Å². The van der Waals surface area contributed by atoms with Crippen molar-refractivity contribution in [2.75, 3.05) is 57.4 Å². The maximum Gasteiger partial charge on any atom is 0.289 e. The van der Waals surface area contributed by atoms with Gasteiger partial charge in [-0.25, -0.2) is 9.97 Å². The first kappa shape index (κ1) is 24.3. The van der Waals surface area contributed by atoms with E-state index < -0.39 is 0 Å². The largest absolute Gasteiger partial charge is 0.378 e. The van der Waals surface area contributed by atoms with Gasteiger partial charge in [0.15, 0.2) is 22.8 Å². The van der Waals surface area contributed by atoms with Gasteiger partial charge in [-0.15, -0.1) is 0 Å². The third-order valence-electron chi connectivity index (χ3n) is 7.20. The molecule has 0 aliphatic carbocycles. The van der Waals surface area contributed by atoms with Crippen LogP contribution in [-0.4, -0.2) is 104 Å². The van der Waals surface area contributed by atoms with Crippen molar-refractivity contribution >= 4 is 39.8 Å². The van der Waals surface area contributed by atoms with E-state index in [-0.39, 0.29) is 17.6 Å². The Morgan fingerprint density at radius 1 is 0.921 bits per heavy atom. The maximum absolute atomic E-state index is 13.4. The van der Waals surface area contributed by atoms with Gasteiger partial charge in [0, 0.05) is 52.1 Å². The fourth-order valence-electron chi connectivity index (χ4n) is 5.14. The number of H-pyrrole nitrogens is 1. The summed E-state index contributed by atoms with van der Waals surface area (Å²) < 4.78 is 7.55. The number of para-hydroxylation sites is 2. The fourth-order valence-corrected chi connectivity index (χ4v) is 5.14. The van der Waals surface area contributed by atoms with Crippen LogP contribution in [-0.2, 0) is 16.0 Å². The average Bonchev–Trinajstić information content (AvgIpc) is 3.58. The lowest BCUT2D eigenvalue weighted by atomic mass is 10.3. The van der Waals surface area contributed by atoms with E-state index in [1.165, 1.54) is 0 Å². The fraction of sp³-hybridized carbons (Fsp3) is 0.462. The van der Waals surface area contributed by atoms with Crippen LogP contribution < -0.4 is 4.90 Å². The number of amides is 2. The summed E-state index contributed by atoms with van der Waals surface area (Å²) in [6.07, 6.45) is 1.18. The van der Waals surface area contributed by atoms with Crippen molar-refractivity contribution in [1.29, 1.82) is 0 Å². The van der Waals surface area contributed by atoms with Crippen molar-refractivity contribution in [1.82, 2.24) is 39.3 Å². The SMILES string of the molecule is CCC(=O)N1CCN(C(=O)c2nc3c(N4CCOCC4)nc(-n4c(CC)nc5ccccc54)nc3[nH]2)CC1. The molecule has 0 unspecified atom stereocenters. The zero-order valence-electron chi connectivity index (χ0n) is 21.7. The number of hydrogen-bond acceptors (Lipinski definition) is 8. The number of carbonyl (C=O) groups excluding carboxylic acids is 2. The van der Waals surface area contributed by atoms with Crippen molar-refractivity contribution in [3.63, 3.8) is 0 Å². The van der Waals surface area contributed by atoms with Gasteiger partial charge in [0.25, 0.3) is 5.91 Å². The summed E-state index contributed by atoms with van der Waals surface area (Å²) in [6, 6.07) is 7.93. The van der Waals surface area contributed by atoms with Crippen LogP contribution in [0.4, 0.5) is 5.82 Å². The molecule has 2 saturated heterocycles. The first-order chi connectivity index (χ1) is 18.6. The van der Waals surface area contributed by atoms with Crippen LogP contribution in [0.2, 0.25) is 0 Å². The Balaban J connectivity index is 1.41. The minimum atomic E-state index is -0.205. The number of benzene rings is 1. The highest BCUT2D eigenvalue weighted by Crippen LogP contribution is 2.27.